The maximum Gasteiger partial charge on any atom is 0.260 e. The van der Waals surface area contributed by atoms with Crippen molar-refractivity contribution >= 4 is 38.8 Å². The number of piperidine rings is 1. The molecule has 3 heterocycles. The monoisotopic (exact) mass is 330 g/mol. The lowest BCUT2D eigenvalue weighted by molar-refractivity contribution is 0.100. The predicted molar refractivity (Wildman–Crippen MR) is 94.8 cm³/mol. The molecule has 1 amide bonds. The van der Waals surface area contributed by atoms with E-state index in [-0.39, 0.29) is 0 Å². The zero-order valence-corrected chi connectivity index (χ0v) is 13.9. The average Bonchev–Trinajstić information content (AvgIpc) is 2.92. The number of thiophene rings is 1. The highest BCUT2D eigenvalue weighted by atomic mass is 32.1. The van der Waals surface area contributed by atoms with E-state index in [0.29, 0.717) is 10.6 Å². The number of aromatic nitrogens is 1. The molecule has 0 aromatic carbocycles. The number of anilines is 2. The number of pyridine rings is 1. The maximum atomic E-state index is 11.6. The van der Waals surface area contributed by atoms with Crippen molar-refractivity contribution in [2.24, 2.45) is 17.6 Å². The van der Waals surface area contributed by atoms with Crippen LogP contribution in [0.2, 0.25) is 0 Å². The van der Waals surface area contributed by atoms with Crippen LogP contribution in [0.3, 0.4) is 0 Å². The third-order valence-electron chi connectivity index (χ3n) is 5.46. The van der Waals surface area contributed by atoms with Crippen molar-refractivity contribution in [1.82, 2.24) is 4.98 Å². The predicted octanol–water partition coefficient (Wildman–Crippen LogP) is 2.99. The fraction of sp³-hybridized carbons (Fsp3) is 0.529. The third kappa shape index (κ3) is 2.45. The normalized spacial score (nSPS) is 24.6. The summed E-state index contributed by atoms with van der Waals surface area (Å²) in [6.07, 6.45) is 8.53. The van der Waals surface area contributed by atoms with Crippen LogP contribution in [0.15, 0.2) is 12.3 Å². The molecule has 0 unspecified atom stereocenters. The van der Waals surface area contributed by atoms with Crippen molar-refractivity contribution in [3.63, 3.8) is 0 Å². The van der Waals surface area contributed by atoms with Crippen molar-refractivity contribution in [3.05, 3.63) is 17.1 Å². The van der Waals surface area contributed by atoms with Gasteiger partial charge in [-0.15, -0.1) is 11.3 Å². The Hall–Kier alpha value is -1.82. The minimum atomic E-state index is -0.470. The standard InChI is InChI=1S/C17H22N4OS/c18-14-13-12(5-7-20-17(13)23-15(14)16(19)22)21-8-6-10-3-1-2-4-11(10)9-21/h5,7,10-11H,1-4,6,8-9,18H2,(H2,19,22)/t10-,11-/m0/s1. The van der Waals surface area contributed by atoms with Crippen LogP contribution in [0.1, 0.15) is 41.8 Å². The van der Waals surface area contributed by atoms with Crippen LogP contribution < -0.4 is 16.4 Å². The summed E-state index contributed by atoms with van der Waals surface area (Å²) in [5.41, 5.74) is 13.3. The number of nitrogens with two attached hydrogens (primary N) is 2. The summed E-state index contributed by atoms with van der Waals surface area (Å²) >= 11 is 1.30. The van der Waals surface area contributed by atoms with Crippen molar-refractivity contribution in [3.8, 4) is 0 Å². The molecule has 1 saturated carbocycles. The first-order valence-electron chi connectivity index (χ1n) is 8.37. The van der Waals surface area contributed by atoms with E-state index in [4.69, 9.17) is 11.5 Å². The molecule has 2 fully saturated rings. The van der Waals surface area contributed by atoms with E-state index in [1.165, 1.54) is 43.4 Å². The lowest BCUT2D eigenvalue weighted by Crippen LogP contribution is -2.41. The number of primary amides is 1. The van der Waals surface area contributed by atoms with Gasteiger partial charge in [-0.1, -0.05) is 19.3 Å². The van der Waals surface area contributed by atoms with Crippen molar-refractivity contribution in [2.45, 2.75) is 32.1 Å². The van der Waals surface area contributed by atoms with Gasteiger partial charge >= 0.3 is 0 Å². The number of hydrogen-bond donors (Lipinski definition) is 2. The highest BCUT2D eigenvalue weighted by Gasteiger charge is 2.32. The van der Waals surface area contributed by atoms with E-state index in [9.17, 15) is 4.79 Å². The van der Waals surface area contributed by atoms with Gasteiger partial charge in [0.2, 0.25) is 0 Å². The van der Waals surface area contributed by atoms with Gasteiger partial charge < -0.3 is 16.4 Å². The molecule has 4 rings (SSSR count). The molecular weight excluding hydrogens is 308 g/mol. The molecule has 5 nitrogen and oxygen atoms in total. The summed E-state index contributed by atoms with van der Waals surface area (Å²) in [5.74, 6) is 1.21. The maximum absolute atomic E-state index is 11.6. The van der Waals surface area contributed by atoms with Gasteiger partial charge in [0.1, 0.15) is 9.71 Å². The Morgan fingerprint density at radius 2 is 2.04 bits per heavy atom. The molecule has 1 saturated heterocycles. The highest BCUT2D eigenvalue weighted by Crippen LogP contribution is 2.42. The Morgan fingerprint density at radius 1 is 1.26 bits per heavy atom. The second-order valence-corrected chi connectivity index (χ2v) is 7.76. The molecule has 0 bridgehead atoms. The number of nitrogens with zero attached hydrogens (tertiary/aromatic N) is 2. The molecule has 6 heteroatoms. The summed E-state index contributed by atoms with van der Waals surface area (Å²) in [4.78, 5) is 19.6. The van der Waals surface area contributed by atoms with Gasteiger partial charge in [-0.25, -0.2) is 4.98 Å². The number of amides is 1. The smallest absolute Gasteiger partial charge is 0.260 e. The lowest BCUT2D eigenvalue weighted by atomic mass is 9.75. The first-order valence-corrected chi connectivity index (χ1v) is 9.18. The Labute approximate surface area is 139 Å². The third-order valence-corrected chi connectivity index (χ3v) is 6.59. The van der Waals surface area contributed by atoms with Crippen LogP contribution >= 0.6 is 11.3 Å². The van der Waals surface area contributed by atoms with Crippen LogP contribution in [-0.2, 0) is 0 Å². The molecule has 2 aromatic rings. The Balaban J connectivity index is 1.72. The second kappa shape index (κ2) is 5.67. The molecule has 2 atom stereocenters. The van der Waals surface area contributed by atoms with E-state index in [1.54, 1.807) is 0 Å². The molecule has 0 radical (unpaired) electrons. The van der Waals surface area contributed by atoms with E-state index >= 15 is 0 Å². The van der Waals surface area contributed by atoms with Gasteiger partial charge in [0.15, 0.2) is 0 Å². The van der Waals surface area contributed by atoms with E-state index < -0.39 is 5.91 Å². The summed E-state index contributed by atoms with van der Waals surface area (Å²) in [7, 11) is 0. The van der Waals surface area contributed by atoms with Gasteiger partial charge in [-0.2, -0.15) is 0 Å². The van der Waals surface area contributed by atoms with Gasteiger partial charge in [-0.05, 0) is 30.7 Å². The molecule has 122 valence electrons. The van der Waals surface area contributed by atoms with Gasteiger partial charge in [-0.3, -0.25) is 4.79 Å². The second-order valence-electron chi connectivity index (χ2n) is 6.76. The van der Waals surface area contributed by atoms with Crippen molar-refractivity contribution in [2.75, 3.05) is 23.7 Å². The summed E-state index contributed by atoms with van der Waals surface area (Å²) in [6, 6.07) is 2.03. The SMILES string of the molecule is NC(=O)c1sc2nccc(N3CC[C@@H]4CCCC[C@H]4C3)c2c1N. The first kappa shape index (κ1) is 14.8. The molecule has 0 spiro atoms. The minimum Gasteiger partial charge on any atom is -0.397 e. The van der Waals surface area contributed by atoms with Crippen LogP contribution in [-0.4, -0.2) is 24.0 Å². The molecule has 23 heavy (non-hydrogen) atoms. The number of nitrogen functional groups attached to an aromatic ring is 1. The van der Waals surface area contributed by atoms with Crippen LogP contribution in [0.4, 0.5) is 11.4 Å². The quantitative estimate of drug-likeness (QED) is 0.886. The van der Waals surface area contributed by atoms with Gasteiger partial charge in [0.05, 0.1) is 16.8 Å². The molecule has 2 aromatic heterocycles. The van der Waals surface area contributed by atoms with Crippen molar-refractivity contribution < 1.29 is 4.79 Å². The Bertz CT molecular complexity index is 756. The molecular formula is C17H22N4OS. The van der Waals surface area contributed by atoms with Crippen LogP contribution in [0, 0.1) is 11.8 Å². The minimum absolute atomic E-state index is 0.424. The van der Waals surface area contributed by atoms with E-state index in [2.05, 4.69) is 9.88 Å². The molecule has 1 aliphatic heterocycles. The number of carbonyl (C=O) groups is 1. The highest BCUT2D eigenvalue weighted by molar-refractivity contribution is 7.21. The average molecular weight is 330 g/mol. The van der Waals surface area contributed by atoms with Gasteiger partial charge in [0.25, 0.3) is 5.91 Å². The summed E-state index contributed by atoms with van der Waals surface area (Å²) < 4.78 is 0. The number of carbonyl (C=O) groups excluding carboxylic acids is 1. The van der Waals surface area contributed by atoms with Gasteiger partial charge in [0, 0.05) is 19.3 Å². The lowest BCUT2D eigenvalue weighted by Gasteiger charge is -2.42. The topological polar surface area (TPSA) is 85.2 Å². The molecule has 1 aliphatic carbocycles. The fourth-order valence-corrected chi connectivity index (χ4v) is 5.23. The zero-order valence-electron chi connectivity index (χ0n) is 13.1. The van der Waals surface area contributed by atoms with Crippen LogP contribution in [0.5, 0.6) is 0 Å². The number of rotatable bonds is 2. The number of fused-ring (bicyclic) bond motifs is 2. The summed E-state index contributed by atoms with van der Waals surface area (Å²) in [6.45, 7) is 2.15. The number of hydrogen-bond acceptors (Lipinski definition) is 5. The molecule has 2 aliphatic rings. The fourth-order valence-electron chi connectivity index (χ4n) is 4.29. The zero-order chi connectivity index (χ0) is 16.0. The van der Waals surface area contributed by atoms with Crippen molar-refractivity contribution in [1.29, 1.82) is 0 Å². The Kier molecular flexibility index (Phi) is 3.64. The van der Waals surface area contributed by atoms with E-state index in [0.717, 1.165) is 40.8 Å². The summed E-state index contributed by atoms with van der Waals surface area (Å²) in [5, 5.41) is 0.903. The molecule has 4 N–H and O–H groups in total. The Morgan fingerprint density at radius 3 is 2.83 bits per heavy atom. The first-order chi connectivity index (χ1) is 11.1. The van der Waals surface area contributed by atoms with Crippen LogP contribution in [0.25, 0.3) is 10.2 Å². The van der Waals surface area contributed by atoms with E-state index in [1.807, 2.05) is 12.3 Å². The largest absolute Gasteiger partial charge is 0.397 e.